The molecule has 0 radical (unpaired) electrons. The highest BCUT2D eigenvalue weighted by Crippen LogP contribution is 2.41. The number of nitrogens with one attached hydrogen (secondary N) is 1. The molecule has 0 saturated carbocycles. The fourth-order valence-electron chi connectivity index (χ4n) is 3.60. The van der Waals surface area contributed by atoms with Crippen LogP contribution in [0, 0.1) is 0 Å². The minimum atomic E-state index is -4.49. The van der Waals surface area contributed by atoms with Gasteiger partial charge >= 0.3 is 6.18 Å². The summed E-state index contributed by atoms with van der Waals surface area (Å²) in [6.07, 6.45) is -2.87. The fraction of sp³-hybridized carbons (Fsp3) is 0.182. The first-order valence-corrected chi connectivity index (χ1v) is 11.0. The van der Waals surface area contributed by atoms with Crippen LogP contribution in [0.4, 0.5) is 13.2 Å². The summed E-state index contributed by atoms with van der Waals surface area (Å²) in [5.74, 6) is 1.71. The number of tetrazole rings is 1. The Bertz CT molecular complexity index is 1480. The van der Waals surface area contributed by atoms with Crippen molar-refractivity contribution in [3.8, 4) is 33.0 Å². The number of imidazole rings is 1. The Morgan fingerprint density at radius 3 is 2.51 bits per heavy atom. The molecule has 0 bridgehead atoms. The molecule has 0 spiro atoms. The monoisotopic (exact) mass is 502 g/mol. The lowest BCUT2D eigenvalue weighted by atomic mass is 10.1. The minimum absolute atomic E-state index is 0.0132. The number of alkyl halides is 3. The number of fused-ring (bicyclic) bond motifs is 1. The molecular formula is C22H17F3N6O3S. The van der Waals surface area contributed by atoms with E-state index in [2.05, 4.69) is 25.6 Å². The molecule has 13 heteroatoms. The largest absolute Gasteiger partial charge is 0.493 e. The SMILES string of the molecule is COc1cc2ncn(-c3cc(OCc4ccccc4C(F)(F)F)c(-c4nnn[nH]4)s3)c2cc1OC. The summed E-state index contributed by atoms with van der Waals surface area (Å²) < 4.78 is 58.7. The summed E-state index contributed by atoms with van der Waals surface area (Å²) >= 11 is 1.29. The summed E-state index contributed by atoms with van der Waals surface area (Å²) in [5.41, 5.74) is 0.667. The maximum absolute atomic E-state index is 13.4. The molecule has 2 aromatic carbocycles. The quantitative estimate of drug-likeness (QED) is 0.339. The molecule has 0 atom stereocenters. The first kappa shape index (κ1) is 22.7. The molecule has 0 aliphatic carbocycles. The lowest BCUT2D eigenvalue weighted by Crippen LogP contribution is -2.10. The van der Waals surface area contributed by atoms with Crippen molar-refractivity contribution < 1.29 is 27.4 Å². The van der Waals surface area contributed by atoms with Gasteiger partial charge in [-0.2, -0.15) is 13.2 Å². The molecule has 0 saturated heterocycles. The second kappa shape index (κ2) is 8.91. The van der Waals surface area contributed by atoms with Crippen LogP contribution < -0.4 is 14.2 Å². The Balaban J connectivity index is 1.55. The zero-order valence-corrected chi connectivity index (χ0v) is 19.1. The predicted molar refractivity (Wildman–Crippen MR) is 121 cm³/mol. The van der Waals surface area contributed by atoms with E-state index >= 15 is 0 Å². The molecule has 9 nitrogen and oxygen atoms in total. The van der Waals surface area contributed by atoms with Crippen LogP contribution in [0.1, 0.15) is 11.1 Å². The van der Waals surface area contributed by atoms with Crippen molar-refractivity contribution in [2.45, 2.75) is 12.8 Å². The topological polar surface area (TPSA) is 100.0 Å². The zero-order chi connectivity index (χ0) is 24.6. The molecule has 5 aromatic rings. The molecule has 0 unspecified atom stereocenters. The molecule has 0 aliphatic heterocycles. The Morgan fingerprint density at radius 1 is 1.03 bits per heavy atom. The van der Waals surface area contributed by atoms with E-state index < -0.39 is 11.7 Å². The molecule has 3 aromatic heterocycles. The maximum atomic E-state index is 13.4. The highest BCUT2D eigenvalue weighted by atomic mass is 32.1. The lowest BCUT2D eigenvalue weighted by molar-refractivity contribution is -0.138. The van der Waals surface area contributed by atoms with Crippen LogP contribution in [0.25, 0.3) is 26.7 Å². The van der Waals surface area contributed by atoms with E-state index in [1.165, 1.54) is 43.8 Å². The van der Waals surface area contributed by atoms with Crippen LogP contribution in [-0.4, -0.2) is 44.4 Å². The minimum Gasteiger partial charge on any atom is -0.493 e. The van der Waals surface area contributed by atoms with Gasteiger partial charge in [0.1, 0.15) is 28.6 Å². The van der Waals surface area contributed by atoms with Gasteiger partial charge in [-0.3, -0.25) is 4.57 Å². The molecule has 0 amide bonds. The molecule has 35 heavy (non-hydrogen) atoms. The fourth-order valence-corrected chi connectivity index (χ4v) is 4.62. The normalized spacial score (nSPS) is 11.7. The van der Waals surface area contributed by atoms with Gasteiger partial charge in [-0.1, -0.05) is 18.2 Å². The van der Waals surface area contributed by atoms with Crippen LogP contribution in [0.2, 0.25) is 0 Å². The molecular weight excluding hydrogens is 485 g/mol. The Hall–Kier alpha value is -4.13. The maximum Gasteiger partial charge on any atom is 0.416 e. The summed E-state index contributed by atoms with van der Waals surface area (Å²) in [5, 5.41) is 14.5. The number of thiophene rings is 1. The van der Waals surface area contributed by atoms with Crippen LogP contribution in [0.15, 0.2) is 48.8 Å². The number of benzene rings is 2. The third kappa shape index (κ3) is 4.25. The molecule has 0 fully saturated rings. The van der Waals surface area contributed by atoms with Gasteiger partial charge in [-0.05, 0) is 16.5 Å². The van der Waals surface area contributed by atoms with Crippen LogP contribution >= 0.6 is 11.3 Å². The zero-order valence-electron chi connectivity index (χ0n) is 18.3. The third-order valence-electron chi connectivity index (χ3n) is 5.24. The number of methoxy groups -OCH3 is 2. The van der Waals surface area contributed by atoms with Gasteiger partial charge in [0.05, 0.1) is 30.8 Å². The van der Waals surface area contributed by atoms with Crippen LogP contribution in [0.3, 0.4) is 0 Å². The predicted octanol–water partition coefficient (Wildman–Crippen LogP) is 4.88. The first-order valence-electron chi connectivity index (χ1n) is 10.1. The van der Waals surface area contributed by atoms with Crippen molar-refractivity contribution in [1.82, 2.24) is 30.2 Å². The lowest BCUT2D eigenvalue weighted by Gasteiger charge is -2.13. The first-order chi connectivity index (χ1) is 16.9. The van der Waals surface area contributed by atoms with Crippen molar-refractivity contribution in [2.24, 2.45) is 0 Å². The van der Waals surface area contributed by atoms with Crippen molar-refractivity contribution in [3.63, 3.8) is 0 Å². The van der Waals surface area contributed by atoms with Crippen LogP contribution in [-0.2, 0) is 12.8 Å². The Kier molecular flexibility index (Phi) is 5.76. The second-order valence-corrected chi connectivity index (χ2v) is 8.31. The summed E-state index contributed by atoms with van der Waals surface area (Å²) in [4.78, 5) is 4.96. The van der Waals surface area contributed by atoms with Crippen molar-refractivity contribution in [2.75, 3.05) is 14.2 Å². The van der Waals surface area contributed by atoms with Gasteiger partial charge in [0, 0.05) is 23.8 Å². The third-order valence-corrected chi connectivity index (χ3v) is 6.36. The number of aromatic nitrogens is 6. The number of rotatable bonds is 7. The molecule has 5 rings (SSSR count). The Morgan fingerprint density at radius 2 is 1.80 bits per heavy atom. The van der Waals surface area contributed by atoms with Gasteiger partial charge in [-0.15, -0.1) is 16.4 Å². The van der Waals surface area contributed by atoms with E-state index in [1.54, 1.807) is 24.5 Å². The number of hydrogen-bond donors (Lipinski definition) is 1. The average molecular weight is 502 g/mol. The van der Waals surface area contributed by atoms with Gasteiger partial charge in [0.2, 0.25) is 0 Å². The van der Waals surface area contributed by atoms with E-state index in [0.717, 1.165) is 11.6 Å². The van der Waals surface area contributed by atoms with Crippen molar-refractivity contribution >= 4 is 22.4 Å². The number of aromatic amines is 1. The average Bonchev–Trinajstić information content (AvgIpc) is 3.60. The number of nitrogens with zero attached hydrogens (tertiary/aromatic N) is 5. The standard InChI is InChI=1S/C22H17F3N6O3S/c1-32-16-7-14-15(8-17(16)33-2)31(11-26-14)19-9-18(20(35-19)21-27-29-30-28-21)34-10-12-5-3-4-6-13(12)22(23,24)25/h3-9,11H,10H2,1-2H3,(H,27,28,29,30). The number of hydrogen-bond acceptors (Lipinski definition) is 8. The summed E-state index contributed by atoms with van der Waals surface area (Å²) in [7, 11) is 3.08. The van der Waals surface area contributed by atoms with Crippen molar-refractivity contribution in [1.29, 1.82) is 0 Å². The Labute approximate surface area is 200 Å². The number of halogens is 3. The van der Waals surface area contributed by atoms with Gasteiger partial charge in [0.25, 0.3) is 0 Å². The van der Waals surface area contributed by atoms with E-state index in [9.17, 15) is 13.2 Å². The highest BCUT2D eigenvalue weighted by Gasteiger charge is 2.33. The van der Waals surface area contributed by atoms with E-state index in [1.807, 2.05) is 4.57 Å². The summed E-state index contributed by atoms with van der Waals surface area (Å²) in [6, 6.07) is 10.5. The van der Waals surface area contributed by atoms with Gasteiger partial charge < -0.3 is 14.2 Å². The molecule has 3 heterocycles. The second-order valence-electron chi connectivity index (χ2n) is 7.28. The molecule has 180 valence electrons. The van der Waals surface area contributed by atoms with Gasteiger partial charge in [-0.25, -0.2) is 10.1 Å². The van der Waals surface area contributed by atoms with E-state index in [-0.39, 0.29) is 12.2 Å². The molecule has 1 N–H and O–H groups in total. The molecule has 0 aliphatic rings. The highest BCUT2D eigenvalue weighted by molar-refractivity contribution is 7.18. The number of H-pyrrole nitrogens is 1. The smallest absolute Gasteiger partial charge is 0.416 e. The van der Waals surface area contributed by atoms with Crippen LogP contribution in [0.5, 0.6) is 17.2 Å². The summed E-state index contributed by atoms with van der Waals surface area (Å²) in [6.45, 7) is -0.296. The number of ether oxygens (including phenoxy) is 3. The van der Waals surface area contributed by atoms with Gasteiger partial charge in [0.15, 0.2) is 17.3 Å². The van der Waals surface area contributed by atoms with Crippen molar-refractivity contribution in [3.05, 3.63) is 59.9 Å². The van der Waals surface area contributed by atoms with E-state index in [4.69, 9.17) is 14.2 Å². The van der Waals surface area contributed by atoms with E-state index in [0.29, 0.717) is 38.5 Å².